The molecule has 0 unspecified atom stereocenters. The summed E-state index contributed by atoms with van der Waals surface area (Å²) in [6.45, 7) is 0.154. The first kappa shape index (κ1) is 15.1. The Hall–Kier alpha value is -1.29. The maximum Gasteiger partial charge on any atom is 0.337 e. The summed E-state index contributed by atoms with van der Waals surface area (Å²) in [6.07, 6.45) is 1.01. The molecule has 20 heavy (non-hydrogen) atoms. The fourth-order valence-electron chi connectivity index (χ4n) is 1.35. The third kappa shape index (κ3) is 3.63. The number of sulfonamides is 1. The number of carbonyl (C=O) groups is 1. The molecule has 0 amide bonds. The molecule has 0 aliphatic carbocycles. The van der Waals surface area contributed by atoms with Crippen molar-refractivity contribution in [2.45, 2.75) is 11.6 Å². The minimum absolute atomic E-state index is 0.0638. The average molecular weight is 377 g/mol. The molecule has 0 aliphatic heterocycles. The highest BCUT2D eigenvalue weighted by atomic mass is 79.9. The van der Waals surface area contributed by atoms with Crippen molar-refractivity contribution in [3.8, 4) is 0 Å². The average Bonchev–Trinajstić information content (AvgIpc) is 2.82. The minimum Gasteiger partial charge on any atom is -0.478 e. The fourth-order valence-corrected chi connectivity index (χ4v) is 3.80. The quantitative estimate of drug-likeness (QED) is 0.832. The van der Waals surface area contributed by atoms with E-state index in [1.165, 1.54) is 17.4 Å². The third-order valence-electron chi connectivity index (χ3n) is 2.32. The molecule has 0 aliphatic rings. The molecular formula is C11H9BrN2O4S2. The van der Waals surface area contributed by atoms with Crippen LogP contribution in [0.3, 0.4) is 0 Å². The molecule has 2 heterocycles. The fraction of sp³-hybridized carbons (Fsp3) is 0.0909. The lowest BCUT2D eigenvalue weighted by Gasteiger charge is -2.04. The van der Waals surface area contributed by atoms with Crippen LogP contribution in [0.2, 0.25) is 0 Å². The summed E-state index contributed by atoms with van der Waals surface area (Å²) < 4.78 is 27.2. The molecule has 106 valence electrons. The molecule has 9 heteroatoms. The van der Waals surface area contributed by atoms with Crippen LogP contribution in [0.15, 0.2) is 39.3 Å². The summed E-state index contributed by atoms with van der Waals surface area (Å²) in [6, 6.07) is 5.99. The van der Waals surface area contributed by atoms with Gasteiger partial charge in [0, 0.05) is 17.6 Å². The van der Waals surface area contributed by atoms with Gasteiger partial charge in [0.1, 0.15) is 0 Å². The Labute approximate surface area is 127 Å². The summed E-state index contributed by atoms with van der Waals surface area (Å²) >= 11 is 4.71. The number of nitrogens with zero attached hydrogens (tertiary/aromatic N) is 1. The zero-order valence-corrected chi connectivity index (χ0v) is 13.1. The number of carboxylic acids is 1. The van der Waals surface area contributed by atoms with Crippen LogP contribution in [0.4, 0.5) is 0 Å². The van der Waals surface area contributed by atoms with E-state index in [1.807, 2.05) is 6.07 Å². The Morgan fingerprint density at radius 1 is 1.35 bits per heavy atom. The molecule has 0 aromatic carbocycles. The Bertz CT molecular complexity index is 725. The molecule has 2 N–H and O–H groups in total. The third-order valence-corrected chi connectivity index (χ3v) is 5.26. The SMILES string of the molecule is O=C(O)c1ccc(S(=O)(=O)NCc2ccc(Br)s2)nc1. The molecule has 0 atom stereocenters. The van der Waals surface area contributed by atoms with Crippen molar-refractivity contribution in [2.24, 2.45) is 0 Å². The van der Waals surface area contributed by atoms with Crippen LogP contribution >= 0.6 is 27.3 Å². The molecule has 2 aromatic heterocycles. The first-order valence-corrected chi connectivity index (χ1v) is 8.41. The van der Waals surface area contributed by atoms with Crippen molar-refractivity contribution in [1.82, 2.24) is 9.71 Å². The number of carboxylic acid groups (broad SMARTS) is 1. The Kier molecular flexibility index (Phi) is 4.53. The standard InChI is InChI=1S/C11H9BrN2O4S2/c12-9-3-2-8(19-9)6-14-20(17,18)10-4-1-7(5-13-10)11(15)16/h1-5,14H,6H2,(H,15,16). The Balaban J connectivity index is 2.11. The van der Waals surface area contributed by atoms with Gasteiger partial charge in [-0.1, -0.05) is 0 Å². The Morgan fingerprint density at radius 3 is 2.60 bits per heavy atom. The number of aromatic carboxylic acids is 1. The van der Waals surface area contributed by atoms with Crippen molar-refractivity contribution < 1.29 is 18.3 Å². The maximum atomic E-state index is 12.0. The molecule has 0 radical (unpaired) electrons. The van der Waals surface area contributed by atoms with Gasteiger partial charge in [0.25, 0.3) is 10.0 Å². The molecule has 0 saturated heterocycles. The molecule has 0 spiro atoms. The highest BCUT2D eigenvalue weighted by molar-refractivity contribution is 9.11. The van der Waals surface area contributed by atoms with E-state index < -0.39 is 16.0 Å². The van der Waals surface area contributed by atoms with E-state index in [0.717, 1.165) is 20.9 Å². The van der Waals surface area contributed by atoms with Gasteiger partial charge < -0.3 is 5.11 Å². The van der Waals surface area contributed by atoms with E-state index in [4.69, 9.17) is 5.11 Å². The maximum absolute atomic E-state index is 12.0. The number of nitrogens with one attached hydrogen (secondary N) is 1. The molecule has 2 aromatic rings. The normalized spacial score (nSPS) is 11.4. The number of rotatable bonds is 5. The predicted molar refractivity (Wildman–Crippen MR) is 77.2 cm³/mol. The zero-order chi connectivity index (χ0) is 14.8. The lowest BCUT2D eigenvalue weighted by atomic mass is 10.3. The minimum atomic E-state index is -3.75. The van der Waals surface area contributed by atoms with Gasteiger partial charge in [0.05, 0.1) is 9.35 Å². The van der Waals surface area contributed by atoms with Crippen molar-refractivity contribution in [3.63, 3.8) is 0 Å². The summed E-state index contributed by atoms with van der Waals surface area (Å²) in [5, 5.41) is 8.51. The van der Waals surface area contributed by atoms with Gasteiger partial charge in [0.2, 0.25) is 0 Å². The van der Waals surface area contributed by atoms with Gasteiger partial charge in [-0.3, -0.25) is 0 Å². The second-order valence-electron chi connectivity index (χ2n) is 3.72. The van der Waals surface area contributed by atoms with Crippen molar-refractivity contribution >= 4 is 43.3 Å². The first-order chi connectivity index (χ1) is 9.38. The monoisotopic (exact) mass is 376 g/mol. The second kappa shape index (κ2) is 6.00. The second-order valence-corrected chi connectivity index (χ2v) is 7.98. The topological polar surface area (TPSA) is 96.4 Å². The summed E-state index contributed by atoms with van der Waals surface area (Å²) in [4.78, 5) is 15.2. The van der Waals surface area contributed by atoms with E-state index in [-0.39, 0.29) is 17.1 Å². The lowest BCUT2D eigenvalue weighted by Crippen LogP contribution is -2.23. The molecule has 0 fully saturated rings. The number of halogens is 1. The highest BCUT2D eigenvalue weighted by Gasteiger charge is 2.16. The van der Waals surface area contributed by atoms with Gasteiger partial charge in [-0.15, -0.1) is 11.3 Å². The predicted octanol–water partition coefficient (Wildman–Crippen LogP) is 2.08. The lowest BCUT2D eigenvalue weighted by molar-refractivity contribution is 0.0696. The summed E-state index contributed by atoms with van der Waals surface area (Å²) in [7, 11) is -3.75. The van der Waals surface area contributed by atoms with Crippen molar-refractivity contribution in [3.05, 3.63) is 44.7 Å². The summed E-state index contributed by atoms with van der Waals surface area (Å²) in [5.74, 6) is -1.15. The molecule has 0 bridgehead atoms. The molecular weight excluding hydrogens is 368 g/mol. The van der Waals surface area contributed by atoms with E-state index in [9.17, 15) is 13.2 Å². The number of hydrogen-bond donors (Lipinski definition) is 2. The number of thiophene rings is 1. The summed E-state index contributed by atoms with van der Waals surface area (Å²) in [5.41, 5.74) is -0.0638. The van der Waals surface area contributed by atoms with E-state index in [2.05, 4.69) is 25.6 Å². The van der Waals surface area contributed by atoms with E-state index in [1.54, 1.807) is 6.07 Å². The van der Waals surface area contributed by atoms with Gasteiger partial charge in [0.15, 0.2) is 5.03 Å². The van der Waals surface area contributed by atoms with Crippen molar-refractivity contribution in [2.75, 3.05) is 0 Å². The van der Waals surface area contributed by atoms with Gasteiger partial charge in [-0.25, -0.2) is 22.9 Å². The number of aromatic nitrogens is 1. The van der Waals surface area contributed by atoms with Crippen LogP contribution in [0.25, 0.3) is 0 Å². The van der Waals surface area contributed by atoms with Crippen LogP contribution < -0.4 is 4.72 Å². The number of hydrogen-bond acceptors (Lipinski definition) is 5. The van der Waals surface area contributed by atoms with Gasteiger partial charge in [-0.05, 0) is 40.2 Å². The molecule has 0 saturated carbocycles. The highest BCUT2D eigenvalue weighted by Crippen LogP contribution is 2.22. The van der Waals surface area contributed by atoms with E-state index in [0.29, 0.717) is 0 Å². The zero-order valence-electron chi connectivity index (χ0n) is 9.91. The van der Waals surface area contributed by atoms with Crippen LogP contribution in [-0.2, 0) is 16.6 Å². The van der Waals surface area contributed by atoms with Gasteiger partial charge >= 0.3 is 5.97 Å². The first-order valence-electron chi connectivity index (χ1n) is 5.32. The van der Waals surface area contributed by atoms with E-state index >= 15 is 0 Å². The van der Waals surface area contributed by atoms with Crippen LogP contribution in [0.5, 0.6) is 0 Å². The Morgan fingerprint density at radius 2 is 2.10 bits per heavy atom. The van der Waals surface area contributed by atoms with Crippen LogP contribution in [0.1, 0.15) is 15.2 Å². The van der Waals surface area contributed by atoms with Crippen LogP contribution in [0, 0.1) is 0 Å². The van der Waals surface area contributed by atoms with Gasteiger partial charge in [-0.2, -0.15) is 0 Å². The molecule has 6 nitrogen and oxygen atoms in total. The molecule has 2 rings (SSSR count). The van der Waals surface area contributed by atoms with Crippen molar-refractivity contribution in [1.29, 1.82) is 0 Å². The largest absolute Gasteiger partial charge is 0.478 e. The number of pyridine rings is 1. The smallest absolute Gasteiger partial charge is 0.337 e. The van der Waals surface area contributed by atoms with Crippen LogP contribution in [-0.4, -0.2) is 24.5 Å².